The van der Waals surface area contributed by atoms with E-state index in [1.54, 1.807) is 50.6 Å². The molecule has 0 bridgehead atoms. The fraction of sp³-hybridized carbons (Fsp3) is 0.125. The number of carbonyl (C=O) groups is 1. The molecular formula is C16H12BrNO5. The van der Waals surface area contributed by atoms with Crippen LogP contribution in [0.4, 0.5) is 0 Å². The number of benzene rings is 1. The van der Waals surface area contributed by atoms with Gasteiger partial charge in [0.25, 0.3) is 5.90 Å². The highest BCUT2D eigenvalue weighted by Crippen LogP contribution is 2.28. The monoisotopic (exact) mass is 377 g/mol. The Balaban J connectivity index is 1.96. The summed E-state index contributed by atoms with van der Waals surface area (Å²) in [4.78, 5) is 16.1. The average Bonchev–Trinajstić information content (AvgIpc) is 3.14. The zero-order valence-electron chi connectivity index (χ0n) is 12.3. The number of carbonyl (C=O) groups excluding carboxylic acids is 1. The summed E-state index contributed by atoms with van der Waals surface area (Å²) in [5.41, 5.74) is 0.849. The molecule has 0 spiro atoms. The number of hydrogen-bond donors (Lipinski definition) is 0. The highest BCUT2D eigenvalue weighted by Gasteiger charge is 2.26. The van der Waals surface area contributed by atoms with Crippen molar-refractivity contribution in [3.05, 3.63) is 52.0 Å². The quantitative estimate of drug-likeness (QED) is 0.603. The van der Waals surface area contributed by atoms with E-state index in [-0.39, 0.29) is 11.6 Å². The molecule has 0 amide bonds. The van der Waals surface area contributed by atoms with Crippen LogP contribution in [0.15, 0.2) is 50.1 Å². The third-order valence-electron chi connectivity index (χ3n) is 3.14. The minimum Gasteiger partial charge on any atom is -0.497 e. The molecule has 1 aliphatic rings. The molecule has 0 unspecified atom stereocenters. The lowest BCUT2D eigenvalue weighted by Crippen LogP contribution is -2.04. The molecule has 2 aromatic rings. The summed E-state index contributed by atoms with van der Waals surface area (Å²) in [6.07, 6.45) is 1.59. The number of rotatable bonds is 4. The van der Waals surface area contributed by atoms with Crippen molar-refractivity contribution >= 4 is 33.9 Å². The van der Waals surface area contributed by atoms with Gasteiger partial charge in [0.2, 0.25) is 0 Å². The number of aliphatic imine (C=N–C) groups is 1. The maximum absolute atomic E-state index is 12.0. The molecule has 0 atom stereocenters. The summed E-state index contributed by atoms with van der Waals surface area (Å²) in [5, 5.41) is 0. The van der Waals surface area contributed by atoms with Crippen molar-refractivity contribution < 1.29 is 23.4 Å². The van der Waals surface area contributed by atoms with Crippen LogP contribution >= 0.6 is 15.9 Å². The summed E-state index contributed by atoms with van der Waals surface area (Å²) in [6.45, 7) is 0. The molecular weight excluding hydrogens is 366 g/mol. The second kappa shape index (κ2) is 6.29. The van der Waals surface area contributed by atoms with Crippen molar-refractivity contribution in [1.82, 2.24) is 0 Å². The number of esters is 1. The maximum atomic E-state index is 12.0. The van der Waals surface area contributed by atoms with Crippen molar-refractivity contribution in [3.8, 4) is 11.5 Å². The van der Waals surface area contributed by atoms with E-state index in [0.717, 1.165) is 0 Å². The van der Waals surface area contributed by atoms with Crippen molar-refractivity contribution in [1.29, 1.82) is 0 Å². The van der Waals surface area contributed by atoms with Crippen LogP contribution in [0.5, 0.6) is 11.5 Å². The van der Waals surface area contributed by atoms with Gasteiger partial charge in [-0.2, -0.15) is 0 Å². The molecule has 1 aromatic carbocycles. The Morgan fingerprint density at radius 1 is 1.17 bits per heavy atom. The van der Waals surface area contributed by atoms with Gasteiger partial charge in [0, 0.05) is 11.6 Å². The number of nitrogens with zero attached hydrogens (tertiary/aromatic N) is 1. The molecule has 23 heavy (non-hydrogen) atoms. The molecule has 118 valence electrons. The smallest absolute Gasteiger partial charge is 0.363 e. The first-order valence-corrected chi connectivity index (χ1v) is 7.40. The number of cyclic esters (lactones) is 1. The van der Waals surface area contributed by atoms with Gasteiger partial charge in [-0.05, 0) is 46.3 Å². The molecule has 2 heterocycles. The van der Waals surface area contributed by atoms with Crippen LogP contribution in [-0.4, -0.2) is 26.1 Å². The van der Waals surface area contributed by atoms with E-state index in [0.29, 0.717) is 27.5 Å². The Kier molecular flexibility index (Phi) is 4.20. The van der Waals surface area contributed by atoms with E-state index in [4.69, 9.17) is 18.6 Å². The van der Waals surface area contributed by atoms with Gasteiger partial charge >= 0.3 is 5.97 Å². The van der Waals surface area contributed by atoms with Crippen LogP contribution in [0.3, 0.4) is 0 Å². The maximum Gasteiger partial charge on any atom is 0.363 e. The molecule has 0 fully saturated rings. The number of ether oxygens (including phenoxy) is 3. The molecule has 3 rings (SSSR count). The average molecular weight is 378 g/mol. The standard InChI is InChI=1S/C16H12BrNO5/c1-20-10-4-3-9(13(8-10)21-2)7-11-16(19)23-15(18-11)12-5-6-14(17)22-12/h3-8H,1-2H3. The van der Waals surface area contributed by atoms with Crippen molar-refractivity contribution in [3.63, 3.8) is 0 Å². The van der Waals surface area contributed by atoms with E-state index in [2.05, 4.69) is 20.9 Å². The summed E-state index contributed by atoms with van der Waals surface area (Å²) in [5.74, 6) is 1.16. The van der Waals surface area contributed by atoms with Crippen LogP contribution in [-0.2, 0) is 9.53 Å². The van der Waals surface area contributed by atoms with Gasteiger partial charge in [0.05, 0.1) is 14.2 Å². The summed E-state index contributed by atoms with van der Waals surface area (Å²) in [7, 11) is 3.11. The van der Waals surface area contributed by atoms with Gasteiger partial charge in [-0.1, -0.05) is 0 Å². The van der Waals surface area contributed by atoms with Crippen LogP contribution in [0.25, 0.3) is 6.08 Å². The van der Waals surface area contributed by atoms with Crippen molar-refractivity contribution in [2.75, 3.05) is 14.2 Å². The van der Waals surface area contributed by atoms with Gasteiger partial charge in [-0.25, -0.2) is 9.79 Å². The lowest BCUT2D eigenvalue weighted by Gasteiger charge is -2.07. The zero-order valence-corrected chi connectivity index (χ0v) is 13.9. The number of halogens is 1. The molecule has 0 saturated carbocycles. The first-order valence-electron chi connectivity index (χ1n) is 6.61. The summed E-state index contributed by atoms with van der Waals surface area (Å²) >= 11 is 3.19. The van der Waals surface area contributed by atoms with Gasteiger partial charge in [0.15, 0.2) is 16.1 Å². The summed E-state index contributed by atoms with van der Waals surface area (Å²) in [6, 6.07) is 8.62. The molecule has 0 saturated heterocycles. The predicted molar refractivity (Wildman–Crippen MR) is 86.6 cm³/mol. The van der Waals surface area contributed by atoms with Crippen LogP contribution in [0, 0.1) is 0 Å². The molecule has 1 aliphatic heterocycles. The van der Waals surface area contributed by atoms with Crippen LogP contribution in [0.1, 0.15) is 11.3 Å². The minimum atomic E-state index is -0.551. The topological polar surface area (TPSA) is 70.3 Å². The second-order valence-corrected chi connectivity index (χ2v) is 5.33. The highest BCUT2D eigenvalue weighted by molar-refractivity contribution is 9.10. The van der Waals surface area contributed by atoms with Crippen LogP contribution in [0.2, 0.25) is 0 Å². The molecule has 1 aromatic heterocycles. The molecule has 0 N–H and O–H groups in total. The van der Waals surface area contributed by atoms with Crippen molar-refractivity contribution in [2.45, 2.75) is 0 Å². The Morgan fingerprint density at radius 2 is 2.00 bits per heavy atom. The number of methoxy groups -OCH3 is 2. The van der Waals surface area contributed by atoms with E-state index in [1.165, 1.54) is 0 Å². The van der Waals surface area contributed by atoms with E-state index < -0.39 is 5.97 Å². The fourth-order valence-corrected chi connectivity index (χ4v) is 2.34. The zero-order chi connectivity index (χ0) is 16.4. The second-order valence-electron chi connectivity index (χ2n) is 4.55. The third kappa shape index (κ3) is 3.14. The van der Waals surface area contributed by atoms with E-state index in [1.807, 2.05) is 0 Å². The Labute approximate surface area is 140 Å². The largest absolute Gasteiger partial charge is 0.497 e. The Bertz CT molecular complexity index is 822. The summed E-state index contributed by atoms with van der Waals surface area (Å²) < 4.78 is 21.4. The number of furan rings is 1. The fourth-order valence-electron chi connectivity index (χ4n) is 2.03. The van der Waals surface area contributed by atoms with Gasteiger partial charge in [-0.15, -0.1) is 0 Å². The molecule has 6 nitrogen and oxygen atoms in total. The number of hydrogen-bond acceptors (Lipinski definition) is 6. The lowest BCUT2D eigenvalue weighted by atomic mass is 10.1. The first-order chi connectivity index (χ1) is 11.1. The molecule has 7 heteroatoms. The Morgan fingerprint density at radius 3 is 2.65 bits per heavy atom. The van der Waals surface area contributed by atoms with E-state index in [9.17, 15) is 4.79 Å². The normalized spacial score (nSPS) is 15.5. The highest BCUT2D eigenvalue weighted by atomic mass is 79.9. The van der Waals surface area contributed by atoms with Gasteiger partial charge < -0.3 is 18.6 Å². The van der Waals surface area contributed by atoms with Crippen LogP contribution < -0.4 is 9.47 Å². The molecule has 0 aliphatic carbocycles. The third-order valence-corrected chi connectivity index (χ3v) is 3.56. The van der Waals surface area contributed by atoms with Crippen molar-refractivity contribution in [2.24, 2.45) is 4.99 Å². The van der Waals surface area contributed by atoms with E-state index >= 15 is 0 Å². The first kappa shape index (κ1) is 15.4. The Hall–Kier alpha value is -2.54. The SMILES string of the molecule is COc1ccc(C=C2N=C(c3ccc(Br)o3)OC2=O)c(OC)c1. The lowest BCUT2D eigenvalue weighted by molar-refractivity contribution is -0.130. The minimum absolute atomic E-state index is 0.124. The van der Waals surface area contributed by atoms with Gasteiger partial charge in [0.1, 0.15) is 11.5 Å². The van der Waals surface area contributed by atoms with Gasteiger partial charge in [-0.3, -0.25) is 0 Å². The molecule has 0 radical (unpaired) electrons. The predicted octanol–water partition coefficient (Wildman–Crippen LogP) is 3.40.